The van der Waals surface area contributed by atoms with Gasteiger partial charge in [-0.2, -0.15) is 0 Å². The fourth-order valence-corrected chi connectivity index (χ4v) is 10.1. The van der Waals surface area contributed by atoms with Crippen molar-refractivity contribution in [1.29, 1.82) is 0 Å². The van der Waals surface area contributed by atoms with Gasteiger partial charge >= 0.3 is 5.97 Å². The lowest BCUT2D eigenvalue weighted by Gasteiger charge is -2.46. The number of Topliss-reactive ketones (excluding diaryl/α,β-unsaturated/α-hetero) is 2. The van der Waals surface area contributed by atoms with Gasteiger partial charge in [-0.3, -0.25) is 19.3 Å². The number of benzene rings is 5. The standard InChI is InChI=1S/C44H36N2O6S/c47-23-24-51-34-21-11-8-18-30(34)42-44(31-19-9-7-17-29(31)25-36(44)49)38(33(48)26-37-45-32-20-10-12-22-35(32)53-37)40-43(50)52-41(28-15-5-2-6-16-28)39(46(40)42)27-13-3-1-4-14-27/h1-22,38-42,47H,23-26H2/t38-,39+,40+,41-,42-,44+/m0/s1. The number of nitrogens with zero attached hydrogens (tertiary/aromatic N) is 2. The Morgan fingerprint density at radius 3 is 2.28 bits per heavy atom. The van der Waals surface area contributed by atoms with Crippen LogP contribution >= 0.6 is 11.3 Å². The molecule has 0 radical (unpaired) electrons. The van der Waals surface area contributed by atoms with Crippen LogP contribution in [-0.4, -0.2) is 51.8 Å². The molecule has 264 valence electrons. The lowest BCUT2D eigenvalue weighted by atomic mass is 9.63. The number of morpholine rings is 1. The van der Waals surface area contributed by atoms with Gasteiger partial charge in [0.15, 0.2) is 5.78 Å². The molecule has 2 aliphatic heterocycles. The number of ketones is 2. The summed E-state index contributed by atoms with van der Waals surface area (Å²) in [4.78, 5) is 52.5. The highest BCUT2D eigenvalue weighted by molar-refractivity contribution is 7.18. The molecule has 5 aromatic carbocycles. The van der Waals surface area contributed by atoms with Crippen molar-refractivity contribution in [3.05, 3.63) is 166 Å². The van der Waals surface area contributed by atoms with Gasteiger partial charge in [0.05, 0.1) is 46.7 Å². The molecule has 6 aromatic rings. The Morgan fingerprint density at radius 2 is 1.51 bits per heavy atom. The second kappa shape index (κ2) is 13.5. The molecule has 1 N–H and O–H groups in total. The molecule has 9 rings (SSSR count). The first-order chi connectivity index (χ1) is 26.0. The van der Waals surface area contributed by atoms with E-state index >= 15 is 9.59 Å². The monoisotopic (exact) mass is 720 g/mol. The second-order valence-corrected chi connectivity index (χ2v) is 15.0. The van der Waals surface area contributed by atoms with Crippen molar-refractivity contribution in [1.82, 2.24) is 9.88 Å². The van der Waals surface area contributed by atoms with Crippen molar-refractivity contribution < 1.29 is 29.0 Å². The molecule has 3 heterocycles. The zero-order valence-electron chi connectivity index (χ0n) is 28.7. The number of carbonyl (C=O) groups is 3. The number of ether oxygens (including phenoxy) is 2. The van der Waals surface area contributed by atoms with Crippen molar-refractivity contribution in [3.8, 4) is 5.75 Å². The summed E-state index contributed by atoms with van der Waals surface area (Å²) >= 11 is 1.45. The lowest BCUT2D eigenvalue weighted by molar-refractivity contribution is -0.178. The molecule has 0 amide bonds. The number of thiazole rings is 1. The van der Waals surface area contributed by atoms with Crippen molar-refractivity contribution in [2.45, 2.75) is 42.5 Å². The zero-order chi connectivity index (χ0) is 36.1. The summed E-state index contributed by atoms with van der Waals surface area (Å²) in [6, 6.07) is 39.9. The van der Waals surface area contributed by atoms with Crippen LogP contribution < -0.4 is 4.74 Å². The van der Waals surface area contributed by atoms with Gasteiger partial charge in [-0.1, -0.05) is 115 Å². The van der Waals surface area contributed by atoms with Crippen molar-refractivity contribution >= 4 is 39.1 Å². The molecule has 9 heteroatoms. The molecule has 1 aromatic heterocycles. The van der Waals surface area contributed by atoms with Gasteiger partial charge in [-0.25, -0.2) is 4.98 Å². The quantitative estimate of drug-likeness (QED) is 0.161. The molecule has 3 aliphatic rings. The third kappa shape index (κ3) is 5.33. The van der Waals surface area contributed by atoms with E-state index in [1.54, 1.807) is 0 Å². The SMILES string of the molecule is O=C1O[C@@H](c2ccccc2)[C@@H](c2ccccc2)N2[C@@H](c3ccccc3OCCO)[C@]3(C(=O)Cc4ccccc43)[C@@H](C(=O)Cc3nc4ccccc4s3)[C@H]12. The van der Waals surface area contributed by atoms with Crippen LogP contribution in [0.15, 0.2) is 133 Å². The third-order valence-electron chi connectivity index (χ3n) is 11.1. The van der Waals surface area contributed by atoms with E-state index in [1.165, 1.54) is 11.3 Å². The van der Waals surface area contributed by atoms with Crippen molar-refractivity contribution in [2.24, 2.45) is 5.92 Å². The predicted octanol–water partition coefficient (Wildman–Crippen LogP) is 6.92. The first-order valence-corrected chi connectivity index (χ1v) is 18.7. The summed E-state index contributed by atoms with van der Waals surface area (Å²) in [6.45, 7) is -0.183. The maximum absolute atomic E-state index is 15.4. The Morgan fingerprint density at radius 1 is 0.830 bits per heavy atom. The second-order valence-electron chi connectivity index (χ2n) is 13.9. The number of aromatic nitrogens is 1. The summed E-state index contributed by atoms with van der Waals surface area (Å²) in [5.41, 5.74) is 3.22. The normalized spacial score (nSPS) is 25.0. The Bertz CT molecular complexity index is 2310. The van der Waals surface area contributed by atoms with Gasteiger partial charge in [-0.15, -0.1) is 11.3 Å². The van der Waals surface area contributed by atoms with E-state index in [0.29, 0.717) is 16.3 Å². The third-order valence-corrected chi connectivity index (χ3v) is 12.1. The van der Waals surface area contributed by atoms with Crippen LogP contribution in [0, 0.1) is 5.92 Å². The average molecular weight is 721 g/mol. The summed E-state index contributed by atoms with van der Waals surface area (Å²) in [5, 5.41) is 10.5. The van der Waals surface area contributed by atoms with E-state index in [4.69, 9.17) is 14.5 Å². The van der Waals surface area contributed by atoms with E-state index < -0.39 is 41.5 Å². The smallest absolute Gasteiger partial charge is 0.324 e. The van der Waals surface area contributed by atoms with Crippen molar-refractivity contribution in [2.75, 3.05) is 13.2 Å². The fourth-order valence-electron chi connectivity index (χ4n) is 9.16. The van der Waals surface area contributed by atoms with Gasteiger partial charge in [0.1, 0.15) is 35.3 Å². The van der Waals surface area contributed by atoms with Crippen LogP contribution in [0.2, 0.25) is 0 Å². The van der Waals surface area contributed by atoms with Gasteiger partial charge in [-0.05, 0) is 40.5 Å². The zero-order valence-corrected chi connectivity index (χ0v) is 29.5. The van der Waals surface area contributed by atoms with Crippen molar-refractivity contribution in [3.63, 3.8) is 0 Å². The van der Waals surface area contributed by atoms with Crippen LogP contribution in [0.3, 0.4) is 0 Å². The van der Waals surface area contributed by atoms with E-state index in [2.05, 4.69) is 4.90 Å². The van der Waals surface area contributed by atoms with E-state index in [0.717, 1.165) is 32.5 Å². The number of hydrogen-bond donors (Lipinski definition) is 1. The summed E-state index contributed by atoms with van der Waals surface area (Å²) < 4.78 is 13.7. The molecular weight excluding hydrogens is 685 g/mol. The molecule has 6 atom stereocenters. The van der Waals surface area contributed by atoms with Crippen LogP contribution in [0.1, 0.15) is 51.0 Å². The topological polar surface area (TPSA) is 106 Å². The number of hydrogen-bond acceptors (Lipinski definition) is 9. The Balaban J connectivity index is 1.33. The van der Waals surface area contributed by atoms with E-state index in [9.17, 15) is 9.90 Å². The highest BCUT2D eigenvalue weighted by Gasteiger charge is 2.73. The Hall–Kier alpha value is -5.48. The predicted molar refractivity (Wildman–Crippen MR) is 201 cm³/mol. The maximum atomic E-state index is 15.4. The maximum Gasteiger partial charge on any atom is 0.324 e. The van der Waals surface area contributed by atoms with Gasteiger partial charge in [0, 0.05) is 12.0 Å². The number of aliphatic hydroxyl groups excluding tert-OH is 1. The first-order valence-electron chi connectivity index (χ1n) is 17.9. The number of carbonyl (C=O) groups excluding carboxylic acids is 3. The minimum atomic E-state index is -1.48. The molecule has 2 saturated heterocycles. The highest BCUT2D eigenvalue weighted by Crippen LogP contribution is 2.65. The average Bonchev–Trinajstić information content (AvgIpc) is 3.84. The van der Waals surface area contributed by atoms with Gasteiger partial charge in [0.2, 0.25) is 0 Å². The lowest BCUT2D eigenvalue weighted by Crippen LogP contribution is -2.52. The van der Waals surface area contributed by atoms with Gasteiger partial charge in [0.25, 0.3) is 0 Å². The number of para-hydroxylation sites is 2. The molecule has 0 bridgehead atoms. The Labute approximate surface area is 310 Å². The number of cyclic esters (lactones) is 1. The molecule has 0 unspecified atom stereocenters. The molecular formula is C44H36N2O6S. The molecule has 1 spiro atoms. The first kappa shape index (κ1) is 33.4. The molecule has 0 saturated carbocycles. The summed E-state index contributed by atoms with van der Waals surface area (Å²) in [7, 11) is 0. The minimum Gasteiger partial charge on any atom is -0.491 e. The summed E-state index contributed by atoms with van der Waals surface area (Å²) in [5.74, 6) is -1.57. The molecule has 2 fully saturated rings. The molecule has 1 aliphatic carbocycles. The van der Waals surface area contributed by atoms with Crippen LogP contribution in [-0.2, 0) is 37.4 Å². The van der Waals surface area contributed by atoms with Crippen LogP contribution in [0.25, 0.3) is 10.2 Å². The number of aliphatic hydroxyl groups is 1. The summed E-state index contributed by atoms with van der Waals surface area (Å²) in [6.07, 6.45) is -0.686. The van der Waals surface area contributed by atoms with Crippen LogP contribution in [0.5, 0.6) is 5.75 Å². The largest absolute Gasteiger partial charge is 0.491 e. The molecule has 53 heavy (non-hydrogen) atoms. The minimum absolute atomic E-state index is 0.0292. The fraction of sp³-hybridized carbons (Fsp3) is 0.227. The highest BCUT2D eigenvalue weighted by atomic mass is 32.1. The van der Waals surface area contributed by atoms with Crippen LogP contribution in [0.4, 0.5) is 0 Å². The van der Waals surface area contributed by atoms with E-state index in [-0.39, 0.29) is 37.6 Å². The van der Waals surface area contributed by atoms with Gasteiger partial charge < -0.3 is 14.6 Å². The molecule has 8 nitrogen and oxygen atoms in total. The van der Waals surface area contributed by atoms with E-state index in [1.807, 2.05) is 133 Å². The number of rotatable bonds is 9. The Kier molecular flexibility index (Phi) is 8.49. The number of fused-ring (bicyclic) bond motifs is 4. The number of esters is 1.